The molecule has 10 nitrogen and oxygen atoms in total. The van der Waals surface area contributed by atoms with Gasteiger partial charge >= 0.3 is 0 Å². The van der Waals surface area contributed by atoms with Gasteiger partial charge in [0.1, 0.15) is 16.6 Å². The van der Waals surface area contributed by atoms with Crippen LogP contribution in [0.1, 0.15) is 25.5 Å². The predicted molar refractivity (Wildman–Crippen MR) is 122 cm³/mol. The van der Waals surface area contributed by atoms with Crippen LogP contribution in [0.3, 0.4) is 0 Å². The van der Waals surface area contributed by atoms with Crippen molar-refractivity contribution in [3.05, 3.63) is 36.4 Å². The molecule has 4 aromatic heterocycles. The standard InChI is InChI=1S/C21H24N8O2S/c1-13-10-18(32-26-13)24-21-23-17-6-9-29(15-11-22-27(3)12-15)19(17)20(25-21)31-16-4-7-28(8-5-16)14(2)30/h6,9-12,16H,4-5,7-8H2,1-3H3,(H,23,24,25). The molecule has 1 saturated heterocycles. The Hall–Kier alpha value is -3.47. The highest BCUT2D eigenvalue weighted by Gasteiger charge is 2.25. The molecule has 0 radical (unpaired) electrons. The van der Waals surface area contributed by atoms with Gasteiger partial charge in [-0.3, -0.25) is 9.48 Å². The van der Waals surface area contributed by atoms with Gasteiger partial charge in [-0.05, 0) is 30.6 Å². The van der Waals surface area contributed by atoms with E-state index in [-0.39, 0.29) is 12.0 Å². The second-order valence-electron chi connectivity index (χ2n) is 7.92. The number of amides is 1. The fourth-order valence-corrected chi connectivity index (χ4v) is 4.53. The lowest BCUT2D eigenvalue weighted by molar-refractivity contribution is -0.130. The highest BCUT2D eigenvalue weighted by molar-refractivity contribution is 7.10. The Morgan fingerprint density at radius 3 is 2.75 bits per heavy atom. The van der Waals surface area contributed by atoms with Crippen LogP contribution in [-0.4, -0.2) is 58.7 Å². The highest BCUT2D eigenvalue weighted by Crippen LogP contribution is 2.31. The van der Waals surface area contributed by atoms with Crippen LogP contribution in [0.2, 0.25) is 0 Å². The largest absolute Gasteiger partial charge is 0.473 e. The zero-order valence-electron chi connectivity index (χ0n) is 18.1. The maximum absolute atomic E-state index is 11.7. The van der Waals surface area contributed by atoms with E-state index in [4.69, 9.17) is 14.7 Å². The topological polar surface area (TPSA) is 103 Å². The van der Waals surface area contributed by atoms with Crippen molar-refractivity contribution in [2.45, 2.75) is 32.8 Å². The van der Waals surface area contributed by atoms with Gasteiger partial charge in [-0.25, -0.2) is 4.98 Å². The predicted octanol–water partition coefficient (Wildman–Crippen LogP) is 3.05. The van der Waals surface area contributed by atoms with Gasteiger partial charge in [0.25, 0.3) is 0 Å². The summed E-state index contributed by atoms with van der Waals surface area (Å²) < 4.78 is 14.5. The van der Waals surface area contributed by atoms with E-state index >= 15 is 0 Å². The molecule has 5 heterocycles. The Bertz CT molecular complexity index is 1270. The van der Waals surface area contributed by atoms with E-state index in [1.165, 1.54) is 11.5 Å². The Balaban J connectivity index is 1.51. The molecule has 4 aromatic rings. The Morgan fingerprint density at radius 2 is 2.09 bits per heavy atom. The third-order valence-corrected chi connectivity index (χ3v) is 6.30. The molecular weight excluding hydrogens is 428 g/mol. The van der Waals surface area contributed by atoms with Gasteiger partial charge in [-0.2, -0.15) is 14.5 Å². The number of ether oxygens (including phenoxy) is 1. The van der Waals surface area contributed by atoms with Crippen LogP contribution >= 0.6 is 11.5 Å². The van der Waals surface area contributed by atoms with Crippen molar-refractivity contribution in [2.24, 2.45) is 7.05 Å². The van der Waals surface area contributed by atoms with E-state index in [0.717, 1.165) is 40.3 Å². The van der Waals surface area contributed by atoms with Crippen molar-refractivity contribution in [1.82, 2.24) is 33.6 Å². The molecule has 5 rings (SSSR count). The third kappa shape index (κ3) is 4.03. The molecule has 0 atom stereocenters. The first kappa shape index (κ1) is 20.4. The number of carbonyl (C=O) groups is 1. The van der Waals surface area contributed by atoms with Crippen LogP contribution in [0.25, 0.3) is 16.7 Å². The van der Waals surface area contributed by atoms with E-state index in [1.807, 2.05) is 48.0 Å². The van der Waals surface area contributed by atoms with Crippen LogP contribution in [-0.2, 0) is 11.8 Å². The molecule has 0 unspecified atom stereocenters. The minimum Gasteiger partial charge on any atom is -0.473 e. The second kappa shape index (κ2) is 8.23. The maximum Gasteiger partial charge on any atom is 0.244 e. The molecular formula is C21H24N8O2S. The number of piperidine rings is 1. The maximum atomic E-state index is 11.7. The summed E-state index contributed by atoms with van der Waals surface area (Å²) in [7, 11) is 1.88. The lowest BCUT2D eigenvalue weighted by Crippen LogP contribution is -2.40. The smallest absolute Gasteiger partial charge is 0.244 e. The van der Waals surface area contributed by atoms with Crippen molar-refractivity contribution < 1.29 is 9.53 Å². The average molecular weight is 453 g/mol. The molecule has 0 spiro atoms. The van der Waals surface area contributed by atoms with Crippen molar-refractivity contribution >= 4 is 39.4 Å². The molecule has 1 aliphatic rings. The lowest BCUT2D eigenvalue weighted by atomic mass is 10.1. The quantitative estimate of drug-likeness (QED) is 0.496. The SMILES string of the molecule is CC(=O)N1CCC(Oc2nc(Nc3cc(C)ns3)nc3ccn(-c4cnn(C)c4)c23)CC1. The Kier molecular flexibility index (Phi) is 5.25. The molecule has 0 aromatic carbocycles. The minimum atomic E-state index is -0.0283. The van der Waals surface area contributed by atoms with E-state index in [9.17, 15) is 4.79 Å². The number of rotatable bonds is 5. The lowest BCUT2D eigenvalue weighted by Gasteiger charge is -2.31. The zero-order valence-corrected chi connectivity index (χ0v) is 19.0. The van der Waals surface area contributed by atoms with Gasteiger partial charge in [0.15, 0.2) is 0 Å². The number of likely N-dealkylation sites (tertiary alicyclic amines) is 1. The zero-order chi connectivity index (χ0) is 22.2. The van der Waals surface area contributed by atoms with Crippen molar-refractivity contribution in [2.75, 3.05) is 18.4 Å². The van der Waals surface area contributed by atoms with E-state index < -0.39 is 0 Å². The van der Waals surface area contributed by atoms with E-state index in [1.54, 1.807) is 17.8 Å². The Labute approximate surface area is 189 Å². The number of carbonyl (C=O) groups excluding carboxylic acids is 1. The Morgan fingerprint density at radius 1 is 1.28 bits per heavy atom. The molecule has 0 aliphatic carbocycles. The third-order valence-electron chi connectivity index (χ3n) is 5.50. The first-order valence-electron chi connectivity index (χ1n) is 10.5. The fraction of sp³-hybridized carbons (Fsp3) is 0.381. The summed E-state index contributed by atoms with van der Waals surface area (Å²) in [6.45, 7) is 4.92. The number of fused-ring (bicyclic) bond motifs is 1. The van der Waals surface area contributed by atoms with Gasteiger partial charge in [0.05, 0.1) is 23.1 Å². The minimum absolute atomic E-state index is 0.0283. The van der Waals surface area contributed by atoms with Gasteiger partial charge in [0.2, 0.25) is 17.7 Å². The molecule has 1 fully saturated rings. The molecule has 0 saturated carbocycles. The monoisotopic (exact) mass is 452 g/mol. The summed E-state index contributed by atoms with van der Waals surface area (Å²) in [6, 6.07) is 3.90. The second-order valence-corrected chi connectivity index (χ2v) is 8.73. The average Bonchev–Trinajstić information content (AvgIpc) is 3.48. The van der Waals surface area contributed by atoms with Crippen LogP contribution in [0, 0.1) is 6.92 Å². The summed E-state index contributed by atoms with van der Waals surface area (Å²) in [6.07, 6.45) is 7.16. The summed E-state index contributed by atoms with van der Waals surface area (Å²) in [5.74, 6) is 1.07. The van der Waals surface area contributed by atoms with Crippen LogP contribution in [0.4, 0.5) is 10.9 Å². The summed E-state index contributed by atoms with van der Waals surface area (Å²) in [4.78, 5) is 22.9. The van der Waals surface area contributed by atoms with Crippen molar-refractivity contribution in [3.8, 4) is 11.6 Å². The fourth-order valence-electron chi connectivity index (χ4n) is 3.88. The van der Waals surface area contributed by atoms with Gasteiger partial charge in [0, 0.05) is 52.3 Å². The molecule has 166 valence electrons. The molecule has 1 N–H and O–H groups in total. The normalized spacial score (nSPS) is 14.8. The van der Waals surface area contributed by atoms with Gasteiger partial charge in [-0.1, -0.05) is 0 Å². The molecule has 11 heteroatoms. The molecule has 1 aliphatic heterocycles. The molecule has 1 amide bonds. The van der Waals surface area contributed by atoms with E-state index in [0.29, 0.717) is 24.9 Å². The number of nitrogens with zero attached hydrogens (tertiary/aromatic N) is 7. The van der Waals surface area contributed by atoms with Crippen LogP contribution < -0.4 is 10.1 Å². The van der Waals surface area contributed by atoms with E-state index in [2.05, 4.69) is 14.8 Å². The summed E-state index contributed by atoms with van der Waals surface area (Å²) in [5.41, 5.74) is 3.40. The number of hydrogen-bond acceptors (Lipinski definition) is 8. The van der Waals surface area contributed by atoms with Crippen LogP contribution in [0.5, 0.6) is 5.88 Å². The summed E-state index contributed by atoms with van der Waals surface area (Å²) >= 11 is 1.36. The van der Waals surface area contributed by atoms with Crippen LogP contribution in [0.15, 0.2) is 30.7 Å². The van der Waals surface area contributed by atoms with Crippen molar-refractivity contribution in [3.63, 3.8) is 0 Å². The number of nitrogens with one attached hydrogen (secondary N) is 1. The van der Waals surface area contributed by atoms with Gasteiger partial charge in [-0.15, -0.1) is 0 Å². The molecule has 0 bridgehead atoms. The van der Waals surface area contributed by atoms with Crippen molar-refractivity contribution in [1.29, 1.82) is 0 Å². The number of aromatic nitrogens is 6. The molecule has 32 heavy (non-hydrogen) atoms. The number of anilines is 2. The number of aryl methyl sites for hydroxylation is 2. The number of hydrogen-bond donors (Lipinski definition) is 1. The van der Waals surface area contributed by atoms with Gasteiger partial charge < -0.3 is 19.5 Å². The summed E-state index contributed by atoms with van der Waals surface area (Å²) in [5, 5.41) is 8.40. The first-order chi connectivity index (χ1) is 15.5. The highest BCUT2D eigenvalue weighted by atomic mass is 32.1. The first-order valence-corrected chi connectivity index (χ1v) is 11.2.